The van der Waals surface area contributed by atoms with Crippen LogP contribution in [0.1, 0.15) is 17.0 Å². The predicted octanol–water partition coefficient (Wildman–Crippen LogP) is 3.46. The van der Waals surface area contributed by atoms with Crippen LogP contribution in [0.2, 0.25) is 0 Å². The molecule has 0 aliphatic rings. The van der Waals surface area contributed by atoms with Crippen LogP contribution in [-0.2, 0) is 18.7 Å². The average molecular weight is 393 g/mol. The summed E-state index contributed by atoms with van der Waals surface area (Å²) in [6.07, 6.45) is 0.757. The topological polar surface area (TPSA) is 89.6 Å². The van der Waals surface area contributed by atoms with E-state index < -0.39 is 0 Å². The van der Waals surface area contributed by atoms with Gasteiger partial charge in [0.2, 0.25) is 0 Å². The summed E-state index contributed by atoms with van der Waals surface area (Å²) in [4.78, 5) is 16.5. The van der Waals surface area contributed by atoms with Crippen LogP contribution < -0.4 is 5.69 Å². The van der Waals surface area contributed by atoms with E-state index in [2.05, 4.69) is 20.3 Å². The number of H-pyrrole nitrogens is 1. The summed E-state index contributed by atoms with van der Waals surface area (Å²) in [6, 6.07) is 18.0. The van der Waals surface area contributed by atoms with E-state index >= 15 is 0 Å². The first-order valence-corrected chi connectivity index (χ1v) is 9.89. The molecule has 0 aliphatic heterocycles. The number of aromatic nitrogens is 5. The number of aromatic amines is 1. The molecule has 0 unspecified atom stereocenters. The van der Waals surface area contributed by atoms with Crippen molar-refractivity contribution in [3.63, 3.8) is 0 Å². The molecule has 0 saturated heterocycles. The first kappa shape index (κ1) is 18.2. The zero-order valence-corrected chi connectivity index (χ0v) is 16.1. The molecule has 2 aromatic carbocycles. The van der Waals surface area contributed by atoms with Crippen molar-refractivity contribution < 1.29 is 4.52 Å². The maximum atomic E-state index is 12.1. The monoisotopic (exact) mass is 393 g/mol. The minimum Gasteiger partial charge on any atom is -0.334 e. The lowest BCUT2D eigenvalue weighted by atomic mass is 10.1. The molecule has 7 nitrogen and oxygen atoms in total. The fraction of sp³-hybridized carbons (Fsp3) is 0.200. The standard InChI is InChI=1S/C20H19N5O2S/c1-14-6-5-9-16(12-14)18-21-17(24-27-18)13-28-20-23-22-19(26)25(20)11-10-15-7-3-2-4-8-15/h2-9,12H,10-11,13H2,1H3,(H,22,26). The molecule has 0 spiro atoms. The van der Waals surface area contributed by atoms with E-state index in [0.717, 1.165) is 17.5 Å². The van der Waals surface area contributed by atoms with Crippen LogP contribution in [-0.4, -0.2) is 24.9 Å². The predicted molar refractivity (Wildman–Crippen MR) is 107 cm³/mol. The Morgan fingerprint density at radius 2 is 2.00 bits per heavy atom. The van der Waals surface area contributed by atoms with E-state index in [4.69, 9.17) is 4.52 Å². The van der Waals surface area contributed by atoms with Crippen LogP contribution in [0.3, 0.4) is 0 Å². The van der Waals surface area contributed by atoms with Gasteiger partial charge in [0.15, 0.2) is 11.0 Å². The minimum absolute atomic E-state index is 0.216. The highest BCUT2D eigenvalue weighted by atomic mass is 32.2. The first-order chi connectivity index (χ1) is 13.7. The molecule has 0 bridgehead atoms. The summed E-state index contributed by atoms with van der Waals surface area (Å²) < 4.78 is 7.00. The molecule has 28 heavy (non-hydrogen) atoms. The molecule has 0 aliphatic carbocycles. The molecule has 4 rings (SSSR count). The third kappa shape index (κ3) is 4.23. The number of thioether (sulfide) groups is 1. The Kier molecular flexibility index (Phi) is 5.38. The number of nitrogens with one attached hydrogen (secondary N) is 1. The van der Waals surface area contributed by atoms with Crippen molar-refractivity contribution in [2.45, 2.75) is 30.8 Å². The second-order valence-electron chi connectivity index (χ2n) is 6.37. The summed E-state index contributed by atoms with van der Waals surface area (Å²) in [5.74, 6) is 1.51. The number of hydrogen-bond donors (Lipinski definition) is 1. The Hall–Kier alpha value is -3.13. The van der Waals surface area contributed by atoms with Crippen molar-refractivity contribution in [2.75, 3.05) is 0 Å². The summed E-state index contributed by atoms with van der Waals surface area (Å²) in [5, 5.41) is 11.3. The first-order valence-electron chi connectivity index (χ1n) is 8.90. The summed E-state index contributed by atoms with van der Waals surface area (Å²) >= 11 is 1.40. The Morgan fingerprint density at radius 1 is 1.14 bits per heavy atom. The zero-order valence-electron chi connectivity index (χ0n) is 15.3. The van der Waals surface area contributed by atoms with Gasteiger partial charge in [0.1, 0.15) is 0 Å². The molecule has 0 atom stereocenters. The van der Waals surface area contributed by atoms with E-state index in [1.807, 2.05) is 61.5 Å². The van der Waals surface area contributed by atoms with E-state index in [0.29, 0.717) is 29.2 Å². The highest BCUT2D eigenvalue weighted by Crippen LogP contribution is 2.22. The van der Waals surface area contributed by atoms with Crippen LogP contribution in [0.5, 0.6) is 0 Å². The van der Waals surface area contributed by atoms with Gasteiger partial charge in [-0.25, -0.2) is 9.89 Å². The van der Waals surface area contributed by atoms with Gasteiger partial charge in [0.05, 0.1) is 5.75 Å². The Bertz CT molecular complexity index is 1120. The van der Waals surface area contributed by atoms with E-state index in [-0.39, 0.29) is 5.69 Å². The normalized spacial score (nSPS) is 11.0. The van der Waals surface area contributed by atoms with Crippen LogP contribution in [0, 0.1) is 6.92 Å². The lowest BCUT2D eigenvalue weighted by Crippen LogP contribution is -2.18. The Morgan fingerprint density at radius 3 is 2.82 bits per heavy atom. The van der Waals surface area contributed by atoms with Gasteiger partial charge < -0.3 is 4.52 Å². The molecule has 8 heteroatoms. The van der Waals surface area contributed by atoms with Crippen LogP contribution >= 0.6 is 11.8 Å². The van der Waals surface area contributed by atoms with Gasteiger partial charge in [-0.3, -0.25) is 4.57 Å². The molecule has 2 heterocycles. The zero-order chi connectivity index (χ0) is 19.3. The fourth-order valence-electron chi connectivity index (χ4n) is 2.83. The smallest absolute Gasteiger partial charge is 0.334 e. The highest BCUT2D eigenvalue weighted by Gasteiger charge is 2.13. The van der Waals surface area contributed by atoms with Crippen LogP contribution in [0.25, 0.3) is 11.5 Å². The maximum absolute atomic E-state index is 12.1. The van der Waals surface area contributed by atoms with Crippen LogP contribution in [0.15, 0.2) is 69.1 Å². The van der Waals surface area contributed by atoms with Crippen molar-refractivity contribution in [1.82, 2.24) is 24.9 Å². The van der Waals surface area contributed by atoms with Gasteiger partial charge in [-0.15, -0.1) is 5.10 Å². The molecule has 2 aromatic heterocycles. The van der Waals surface area contributed by atoms with E-state index in [1.54, 1.807) is 4.57 Å². The number of rotatable bonds is 7. The third-order valence-corrected chi connectivity index (χ3v) is 5.23. The Balaban J connectivity index is 1.42. The minimum atomic E-state index is -0.216. The van der Waals surface area contributed by atoms with Gasteiger partial charge in [-0.2, -0.15) is 4.98 Å². The van der Waals surface area contributed by atoms with Crippen molar-refractivity contribution in [3.8, 4) is 11.5 Å². The molecule has 4 aromatic rings. The summed E-state index contributed by atoms with van der Waals surface area (Å²) in [7, 11) is 0. The number of benzene rings is 2. The molecule has 1 N–H and O–H groups in total. The lowest BCUT2D eigenvalue weighted by Gasteiger charge is -2.04. The van der Waals surface area contributed by atoms with E-state index in [1.165, 1.54) is 17.3 Å². The van der Waals surface area contributed by atoms with Gasteiger partial charge in [0, 0.05) is 12.1 Å². The lowest BCUT2D eigenvalue weighted by molar-refractivity contribution is 0.425. The van der Waals surface area contributed by atoms with Gasteiger partial charge in [0.25, 0.3) is 5.89 Å². The highest BCUT2D eigenvalue weighted by molar-refractivity contribution is 7.98. The SMILES string of the molecule is Cc1cccc(-c2nc(CSc3n[nH]c(=O)n3CCc3ccccc3)no2)c1. The van der Waals surface area contributed by atoms with Gasteiger partial charge in [-0.1, -0.05) is 64.9 Å². The molecule has 0 radical (unpaired) electrons. The summed E-state index contributed by atoms with van der Waals surface area (Å²) in [5.41, 5.74) is 2.98. The summed E-state index contributed by atoms with van der Waals surface area (Å²) in [6.45, 7) is 2.57. The van der Waals surface area contributed by atoms with E-state index in [9.17, 15) is 4.79 Å². The largest absolute Gasteiger partial charge is 0.343 e. The van der Waals surface area contributed by atoms with Gasteiger partial charge >= 0.3 is 5.69 Å². The van der Waals surface area contributed by atoms with Crippen molar-refractivity contribution in [2.24, 2.45) is 0 Å². The molecule has 0 fully saturated rings. The average Bonchev–Trinajstić information content (AvgIpc) is 3.32. The van der Waals surface area contributed by atoms with Crippen LogP contribution in [0.4, 0.5) is 0 Å². The molecular weight excluding hydrogens is 374 g/mol. The number of aryl methyl sites for hydroxylation is 2. The van der Waals surface area contributed by atoms with Crippen molar-refractivity contribution in [1.29, 1.82) is 0 Å². The second kappa shape index (κ2) is 8.26. The van der Waals surface area contributed by atoms with Crippen molar-refractivity contribution in [3.05, 3.63) is 82.0 Å². The maximum Gasteiger partial charge on any atom is 0.343 e. The Labute approximate surface area is 165 Å². The quantitative estimate of drug-likeness (QED) is 0.484. The molecule has 0 saturated carbocycles. The fourth-order valence-corrected chi connectivity index (χ4v) is 3.65. The molecule has 0 amide bonds. The molecular formula is C20H19N5O2S. The van der Waals surface area contributed by atoms with Crippen molar-refractivity contribution >= 4 is 11.8 Å². The second-order valence-corrected chi connectivity index (χ2v) is 7.31. The molecule has 142 valence electrons. The van der Waals surface area contributed by atoms with Gasteiger partial charge in [-0.05, 0) is 31.0 Å². The number of nitrogens with zero attached hydrogens (tertiary/aromatic N) is 4. The third-order valence-electron chi connectivity index (χ3n) is 4.25. The number of hydrogen-bond acceptors (Lipinski definition) is 6.